The van der Waals surface area contributed by atoms with Crippen LogP contribution in [-0.4, -0.2) is 23.3 Å². The van der Waals surface area contributed by atoms with Crippen molar-refractivity contribution in [3.63, 3.8) is 0 Å². The van der Waals surface area contributed by atoms with Crippen LogP contribution in [-0.2, 0) is 9.59 Å². The average Bonchev–Trinajstić information content (AvgIpc) is 1.97. The standard InChI is InChI=1S/C6H4O2.C2H6O/c7-5-3-1-2-4-6(5)8;1-2-3/h1-4H;3H,2H2,1H3. The summed E-state index contributed by atoms with van der Waals surface area (Å²) in [4.78, 5) is 20.6. The Balaban J connectivity index is 0.000000292. The van der Waals surface area contributed by atoms with E-state index in [1.165, 1.54) is 12.2 Å². The Bertz CT molecular complexity index is 179. The van der Waals surface area contributed by atoms with Crippen molar-refractivity contribution in [1.82, 2.24) is 0 Å². The molecule has 1 N–H and O–H groups in total. The second-order valence-corrected chi connectivity index (χ2v) is 1.76. The highest BCUT2D eigenvalue weighted by molar-refractivity contribution is 6.46. The molecule has 0 aromatic rings. The molecule has 0 spiro atoms. The number of aliphatic hydroxyl groups excluding tert-OH is 1. The predicted molar refractivity (Wildman–Crippen MR) is 41.1 cm³/mol. The van der Waals surface area contributed by atoms with Gasteiger partial charge in [0.15, 0.2) is 0 Å². The van der Waals surface area contributed by atoms with Crippen molar-refractivity contribution in [1.29, 1.82) is 0 Å². The van der Waals surface area contributed by atoms with Crippen LogP contribution in [0, 0.1) is 0 Å². The molecule has 0 fully saturated rings. The lowest BCUT2D eigenvalue weighted by atomic mass is 10.1. The van der Waals surface area contributed by atoms with Gasteiger partial charge in [0.05, 0.1) is 0 Å². The van der Waals surface area contributed by atoms with E-state index in [0.29, 0.717) is 0 Å². The second kappa shape index (κ2) is 5.56. The summed E-state index contributed by atoms with van der Waals surface area (Å²) in [5.41, 5.74) is 0. The molecule has 0 atom stereocenters. The van der Waals surface area contributed by atoms with Crippen molar-refractivity contribution < 1.29 is 14.7 Å². The zero-order chi connectivity index (χ0) is 8.69. The summed E-state index contributed by atoms with van der Waals surface area (Å²) in [6.07, 6.45) is 5.60. The summed E-state index contributed by atoms with van der Waals surface area (Å²) in [6.45, 7) is 1.93. The van der Waals surface area contributed by atoms with Gasteiger partial charge in [0, 0.05) is 6.61 Å². The molecule has 0 radical (unpaired) electrons. The van der Waals surface area contributed by atoms with Gasteiger partial charge in [-0.25, -0.2) is 0 Å². The molecule has 0 aromatic heterocycles. The van der Waals surface area contributed by atoms with Crippen LogP contribution in [0.3, 0.4) is 0 Å². The third-order valence-electron chi connectivity index (χ3n) is 0.849. The molecule has 0 saturated carbocycles. The second-order valence-electron chi connectivity index (χ2n) is 1.76. The number of allylic oxidation sites excluding steroid dienone is 4. The Morgan fingerprint density at radius 1 is 1.18 bits per heavy atom. The summed E-state index contributed by atoms with van der Waals surface area (Å²) in [5.74, 6) is -0.875. The van der Waals surface area contributed by atoms with Crippen molar-refractivity contribution in [2.45, 2.75) is 6.92 Å². The molecule has 60 valence electrons. The minimum Gasteiger partial charge on any atom is -0.397 e. The molecule has 0 unspecified atom stereocenters. The van der Waals surface area contributed by atoms with Crippen LogP contribution < -0.4 is 0 Å². The van der Waals surface area contributed by atoms with Gasteiger partial charge in [0.1, 0.15) is 0 Å². The molecule has 3 nitrogen and oxygen atoms in total. The van der Waals surface area contributed by atoms with Crippen LogP contribution in [0.25, 0.3) is 0 Å². The SMILES string of the molecule is CCO.O=C1C=CC=CC1=O. The lowest BCUT2D eigenvalue weighted by molar-refractivity contribution is -0.131. The van der Waals surface area contributed by atoms with Crippen LogP contribution in [0.2, 0.25) is 0 Å². The van der Waals surface area contributed by atoms with Gasteiger partial charge in [-0.2, -0.15) is 0 Å². The molecule has 3 heteroatoms. The maximum atomic E-state index is 10.3. The molecule has 0 bridgehead atoms. The van der Waals surface area contributed by atoms with E-state index >= 15 is 0 Å². The molecular weight excluding hydrogens is 144 g/mol. The normalized spacial score (nSPS) is 14.4. The average molecular weight is 154 g/mol. The van der Waals surface area contributed by atoms with Crippen LogP contribution >= 0.6 is 0 Å². The molecule has 0 amide bonds. The first kappa shape index (κ1) is 9.78. The number of carbonyl (C=O) groups excluding carboxylic acids is 2. The number of rotatable bonds is 0. The van der Waals surface area contributed by atoms with Crippen molar-refractivity contribution >= 4 is 11.6 Å². The highest BCUT2D eigenvalue weighted by atomic mass is 16.2. The van der Waals surface area contributed by atoms with Crippen molar-refractivity contribution in [3.05, 3.63) is 24.3 Å². The summed E-state index contributed by atoms with van der Waals surface area (Å²) in [7, 11) is 0. The van der Waals surface area contributed by atoms with E-state index in [9.17, 15) is 9.59 Å². The Morgan fingerprint density at radius 2 is 1.45 bits per heavy atom. The maximum absolute atomic E-state index is 10.3. The van der Waals surface area contributed by atoms with Crippen molar-refractivity contribution in [2.75, 3.05) is 6.61 Å². The first-order valence-corrected chi connectivity index (χ1v) is 3.26. The van der Waals surface area contributed by atoms with Gasteiger partial charge >= 0.3 is 0 Å². The third kappa shape index (κ3) is 4.22. The topological polar surface area (TPSA) is 54.4 Å². The molecule has 0 heterocycles. The van der Waals surface area contributed by atoms with E-state index < -0.39 is 11.6 Å². The zero-order valence-electron chi connectivity index (χ0n) is 6.28. The molecule has 11 heavy (non-hydrogen) atoms. The van der Waals surface area contributed by atoms with Gasteiger partial charge in [-0.05, 0) is 19.1 Å². The highest BCUT2D eigenvalue weighted by Crippen LogP contribution is 1.90. The van der Waals surface area contributed by atoms with E-state index in [1.54, 1.807) is 19.1 Å². The summed E-state index contributed by atoms with van der Waals surface area (Å²) in [6, 6.07) is 0. The predicted octanol–water partition coefficient (Wildman–Crippen LogP) is 0.249. The molecule has 0 aliphatic heterocycles. The zero-order valence-corrected chi connectivity index (χ0v) is 6.28. The molecule has 0 aromatic carbocycles. The van der Waals surface area contributed by atoms with Gasteiger partial charge in [0.25, 0.3) is 0 Å². The smallest absolute Gasteiger partial charge is 0.225 e. The van der Waals surface area contributed by atoms with Gasteiger partial charge in [-0.15, -0.1) is 0 Å². The first-order chi connectivity index (χ1) is 5.22. The molecular formula is C8H10O3. The van der Waals surface area contributed by atoms with Crippen molar-refractivity contribution in [2.24, 2.45) is 0 Å². The van der Waals surface area contributed by atoms with E-state index in [1.807, 2.05) is 0 Å². The first-order valence-electron chi connectivity index (χ1n) is 3.26. The summed E-state index contributed by atoms with van der Waals surface area (Å²) >= 11 is 0. The van der Waals surface area contributed by atoms with Gasteiger partial charge in [-0.1, -0.05) is 12.2 Å². The Hall–Kier alpha value is -1.22. The number of hydrogen-bond acceptors (Lipinski definition) is 3. The maximum Gasteiger partial charge on any atom is 0.225 e. The van der Waals surface area contributed by atoms with Gasteiger partial charge in [-0.3, -0.25) is 9.59 Å². The fourth-order valence-corrected chi connectivity index (χ4v) is 0.450. The quantitative estimate of drug-likeness (QED) is 0.402. The monoisotopic (exact) mass is 154 g/mol. The molecule has 1 aliphatic rings. The fourth-order valence-electron chi connectivity index (χ4n) is 0.450. The van der Waals surface area contributed by atoms with E-state index in [4.69, 9.17) is 5.11 Å². The number of ketones is 2. The Morgan fingerprint density at radius 3 is 1.64 bits per heavy atom. The van der Waals surface area contributed by atoms with E-state index in [-0.39, 0.29) is 6.61 Å². The fraction of sp³-hybridized carbons (Fsp3) is 0.250. The van der Waals surface area contributed by atoms with Crippen LogP contribution in [0.15, 0.2) is 24.3 Å². The molecule has 1 rings (SSSR count). The minimum atomic E-state index is -0.437. The summed E-state index contributed by atoms with van der Waals surface area (Å²) < 4.78 is 0. The van der Waals surface area contributed by atoms with Crippen molar-refractivity contribution in [3.8, 4) is 0 Å². The lowest BCUT2D eigenvalue weighted by Crippen LogP contribution is -2.08. The van der Waals surface area contributed by atoms with E-state index in [2.05, 4.69) is 0 Å². The highest BCUT2D eigenvalue weighted by Gasteiger charge is 2.06. The Labute approximate surface area is 65.0 Å². The van der Waals surface area contributed by atoms with Gasteiger partial charge < -0.3 is 5.11 Å². The molecule has 0 saturated heterocycles. The largest absolute Gasteiger partial charge is 0.397 e. The van der Waals surface area contributed by atoms with Crippen LogP contribution in [0.1, 0.15) is 6.92 Å². The minimum absolute atomic E-state index is 0.250. The van der Waals surface area contributed by atoms with Crippen LogP contribution in [0.5, 0.6) is 0 Å². The number of hydrogen-bond donors (Lipinski definition) is 1. The third-order valence-corrected chi connectivity index (χ3v) is 0.849. The van der Waals surface area contributed by atoms with Crippen LogP contribution in [0.4, 0.5) is 0 Å². The van der Waals surface area contributed by atoms with E-state index in [0.717, 1.165) is 0 Å². The molecule has 1 aliphatic carbocycles. The summed E-state index contributed by atoms with van der Waals surface area (Å²) in [5, 5.41) is 7.57. The van der Waals surface area contributed by atoms with Gasteiger partial charge in [0.2, 0.25) is 11.6 Å². The Kier molecular flexibility index (Phi) is 4.94. The lowest BCUT2D eigenvalue weighted by Gasteiger charge is -1.88. The number of carbonyl (C=O) groups is 2. The number of aliphatic hydroxyl groups is 1.